The van der Waals surface area contributed by atoms with E-state index in [0.717, 1.165) is 11.3 Å². The number of hydrazone groups is 1. The van der Waals surface area contributed by atoms with Crippen molar-refractivity contribution in [2.24, 2.45) is 11.0 Å². The van der Waals surface area contributed by atoms with Crippen molar-refractivity contribution < 1.29 is 13.9 Å². The minimum atomic E-state index is -0.263. The Kier molecular flexibility index (Phi) is 3.88. The van der Waals surface area contributed by atoms with Crippen LogP contribution in [0.15, 0.2) is 23.3 Å². The summed E-state index contributed by atoms with van der Waals surface area (Å²) in [5, 5.41) is 4.06. The quantitative estimate of drug-likeness (QED) is 0.899. The molecule has 0 bridgehead atoms. The largest absolute Gasteiger partial charge is 0.378 e. The first kappa shape index (κ1) is 14.0. The van der Waals surface area contributed by atoms with Gasteiger partial charge in [-0.1, -0.05) is 13.0 Å². The highest BCUT2D eigenvalue weighted by Gasteiger charge is 2.23. The predicted octanol–water partition coefficient (Wildman–Crippen LogP) is 1.52. The van der Waals surface area contributed by atoms with E-state index in [0.29, 0.717) is 38.4 Å². The predicted molar refractivity (Wildman–Crippen MR) is 77.9 cm³/mol. The fourth-order valence-corrected chi connectivity index (χ4v) is 2.73. The van der Waals surface area contributed by atoms with Gasteiger partial charge in [-0.15, -0.1) is 0 Å². The van der Waals surface area contributed by atoms with Crippen LogP contribution in [0.3, 0.4) is 0 Å². The van der Waals surface area contributed by atoms with Gasteiger partial charge in [0.1, 0.15) is 5.82 Å². The number of nitrogens with one attached hydrogen (secondary N) is 1. The van der Waals surface area contributed by atoms with Gasteiger partial charge in [-0.05, 0) is 12.1 Å². The molecule has 1 N–H and O–H groups in total. The van der Waals surface area contributed by atoms with Crippen molar-refractivity contribution in [2.75, 3.05) is 31.2 Å². The number of halogens is 1. The van der Waals surface area contributed by atoms with Gasteiger partial charge in [-0.3, -0.25) is 4.79 Å². The number of anilines is 1. The second-order valence-corrected chi connectivity index (χ2v) is 5.40. The smallest absolute Gasteiger partial charge is 0.240 e. The summed E-state index contributed by atoms with van der Waals surface area (Å²) in [7, 11) is 0. The molecule has 1 fully saturated rings. The summed E-state index contributed by atoms with van der Waals surface area (Å²) in [5.74, 6) is -0.370. The highest BCUT2D eigenvalue weighted by atomic mass is 19.1. The lowest BCUT2D eigenvalue weighted by Gasteiger charge is -2.29. The van der Waals surface area contributed by atoms with Crippen LogP contribution in [0.4, 0.5) is 10.1 Å². The number of amides is 1. The zero-order valence-corrected chi connectivity index (χ0v) is 11.9. The number of ether oxygens (including phenoxy) is 1. The zero-order valence-electron chi connectivity index (χ0n) is 11.9. The van der Waals surface area contributed by atoms with Crippen molar-refractivity contribution in [3.63, 3.8) is 0 Å². The van der Waals surface area contributed by atoms with Crippen LogP contribution in [0.2, 0.25) is 0 Å². The Labute approximate surface area is 122 Å². The van der Waals surface area contributed by atoms with Gasteiger partial charge < -0.3 is 9.64 Å². The highest BCUT2D eigenvalue weighted by Crippen LogP contribution is 2.24. The van der Waals surface area contributed by atoms with Gasteiger partial charge in [0.25, 0.3) is 0 Å². The van der Waals surface area contributed by atoms with Gasteiger partial charge in [0.05, 0.1) is 24.6 Å². The number of benzene rings is 1. The second-order valence-electron chi connectivity index (χ2n) is 5.40. The number of carbonyl (C=O) groups excluding carboxylic acids is 1. The molecule has 5 nitrogen and oxygen atoms in total. The molecule has 0 spiro atoms. The molecule has 2 heterocycles. The van der Waals surface area contributed by atoms with Crippen molar-refractivity contribution >= 4 is 17.3 Å². The van der Waals surface area contributed by atoms with Crippen LogP contribution in [0.1, 0.15) is 18.9 Å². The maximum atomic E-state index is 14.4. The van der Waals surface area contributed by atoms with E-state index in [-0.39, 0.29) is 17.6 Å². The number of hydrogen-bond acceptors (Lipinski definition) is 4. The molecule has 2 aliphatic heterocycles. The molecule has 1 aromatic rings. The zero-order chi connectivity index (χ0) is 14.8. The molecule has 0 radical (unpaired) electrons. The lowest BCUT2D eigenvalue weighted by atomic mass is 9.94. The van der Waals surface area contributed by atoms with Gasteiger partial charge in [-0.25, -0.2) is 9.82 Å². The van der Waals surface area contributed by atoms with Gasteiger partial charge >= 0.3 is 0 Å². The van der Waals surface area contributed by atoms with Crippen LogP contribution < -0.4 is 10.3 Å². The summed E-state index contributed by atoms with van der Waals surface area (Å²) in [6.07, 6.45) is 0.381. The van der Waals surface area contributed by atoms with E-state index in [1.54, 1.807) is 6.07 Å². The topological polar surface area (TPSA) is 53.9 Å². The third-order valence-corrected chi connectivity index (χ3v) is 3.85. The summed E-state index contributed by atoms with van der Waals surface area (Å²) < 4.78 is 19.6. The molecule has 1 aromatic carbocycles. The average molecular weight is 291 g/mol. The van der Waals surface area contributed by atoms with Crippen LogP contribution in [0.5, 0.6) is 0 Å². The van der Waals surface area contributed by atoms with E-state index < -0.39 is 0 Å². The first-order chi connectivity index (χ1) is 10.1. The molecule has 2 aliphatic rings. The molecular weight excluding hydrogens is 273 g/mol. The van der Waals surface area contributed by atoms with E-state index in [9.17, 15) is 9.18 Å². The van der Waals surface area contributed by atoms with Crippen LogP contribution in [-0.4, -0.2) is 37.9 Å². The molecule has 112 valence electrons. The molecular formula is C15H18FN3O2. The Bertz CT molecular complexity index is 582. The van der Waals surface area contributed by atoms with Gasteiger partial charge in [-0.2, -0.15) is 5.10 Å². The second kappa shape index (κ2) is 5.81. The van der Waals surface area contributed by atoms with E-state index in [1.807, 2.05) is 17.9 Å². The van der Waals surface area contributed by atoms with Crippen molar-refractivity contribution in [3.05, 3.63) is 29.6 Å². The first-order valence-corrected chi connectivity index (χ1v) is 7.14. The number of rotatable bonds is 2. The Morgan fingerprint density at radius 3 is 2.81 bits per heavy atom. The van der Waals surface area contributed by atoms with Crippen LogP contribution >= 0.6 is 0 Å². The van der Waals surface area contributed by atoms with E-state index in [1.165, 1.54) is 6.07 Å². The monoisotopic (exact) mass is 291 g/mol. The molecule has 1 saturated heterocycles. The summed E-state index contributed by atoms with van der Waals surface area (Å²) in [4.78, 5) is 13.2. The van der Waals surface area contributed by atoms with Crippen LogP contribution in [-0.2, 0) is 9.53 Å². The van der Waals surface area contributed by atoms with Crippen molar-refractivity contribution in [2.45, 2.75) is 13.3 Å². The van der Waals surface area contributed by atoms with Gasteiger partial charge in [0, 0.05) is 31.0 Å². The minimum absolute atomic E-state index is 0.00705. The van der Waals surface area contributed by atoms with Crippen molar-refractivity contribution in [3.8, 4) is 0 Å². The Hall–Kier alpha value is -1.95. The third kappa shape index (κ3) is 2.90. The normalized spacial score (nSPS) is 22.8. The lowest BCUT2D eigenvalue weighted by molar-refractivity contribution is -0.121. The van der Waals surface area contributed by atoms with E-state index >= 15 is 0 Å². The summed E-state index contributed by atoms with van der Waals surface area (Å²) in [5.41, 5.74) is 4.49. The van der Waals surface area contributed by atoms with E-state index in [4.69, 9.17) is 4.74 Å². The third-order valence-electron chi connectivity index (χ3n) is 3.85. The molecule has 21 heavy (non-hydrogen) atoms. The Balaban J connectivity index is 1.85. The molecule has 0 saturated carbocycles. The summed E-state index contributed by atoms with van der Waals surface area (Å²) >= 11 is 0. The first-order valence-electron chi connectivity index (χ1n) is 7.14. The number of nitrogens with zero attached hydrogens (tertiary/aromatic N) is 2. The number of morpholine rings is 1. The number of carbonyl (C=O) groups is 1. The van der Waals surface area contributed by atoms with Gasteiger partial charge in [0.2, 0.25) is 5.91 Å². The standard InChI is InChI=1S/C15H18FN3O2/c1-10-8-14(20)17-18-15(10)11-2-3-13(12(16)9-11)19-4-6-21-7-5-19/h2-3,9-10H,4-8H2,1H3,(H,17,20)/t10-/m0/s1. The SMILES string of the molecule is C[C@H]1CC(=O)NN=C1c1ccc(N2CCOCC2)c(F)c1. The summed E-state index contributed by atoms with van der Waals surface area (Å²) in [6, 6.07) is 5.14. The van der Waals surface area contributed by atoms with Crippen molar-refractivity contribution in [1.29, 1.82) is 0 Å². The highest BCUT2D eigenvalue weighted by molar-refractivity contribution is 6.05. The number of hydrogen-bond donors (Lipinski definition) is 1. The summed E-state index contributed by atoms with van der Waals surface area (Å²) in [6.45, 7) is 4.56. The molecule has 3 rings (SSSR count). The van der Waals surface area contributed by atoms with Crippen LogP contribution in [0.25, 0.3) is 0 Å². The molecule has 0 aliphatic carbocycles. The Morgan fingerprint density at radius 2 is 2.14 bits per heavy atom. The minimum Gasteiger partial charge on any atom is -0.378 e. The van der Waals surface area contributed by atoms with Crippen LogP contribution in [0, 0.1) is 11.7 Å². The molecule has 1 atom stereocenters. The molecule has 0 unspecified atom stereocenters. The maximum Gasteiger partial charge on any atom is 0.240 e. The Morgan fingerprint density at radius 1 is 1.38 bits per heavy atom. The molecule has 0 aromatic heterocycles. The molecule has 1 amide bonds. The van der Waals surface area contributed by atoms with Crippen molar-refractivity contribution in [1.82, 2.24) is 5.43 Å². The van der Waals surface area contributed by atoms with E-state index in [2.05, 4.69) is 10.5 Å². The maximum absolute atomic E-state index is 14.4. The lowest BCUT2D eigenvalue weighted by Crippen LogP contribution is -2.37. The fourth-order valence-electron chi connectivity index (χ4n) is 2.73. The average Bonchev–Trinajstić information content (AvgIpc) is 2.48. The molecule has 6 heteroatoms. The van der Waals surface area contributed by atoms with Gasteiger partial charge in [0.15, 0.2) is 0 Å². The fraction of sp³-hybridized carbons (Fsp3) is 0.467.